The Morgan fingerprint density at radius 3 is 2.72 bits per heavy atom. The summed E-state index contributed by atoms with van der Waals surface area (Å²) in [6.07, 6.45) is -0.324. The van der Waals surface area contributed by atoms with Gasteiger partial charge in [-0.05, 0) is 31.5 Å². The van der Waals surface area contributed by atoms with Crippen LogP contribution in [-0.2, 0) is 16.5 Å². The maximum absolute atomic E-state index is 15.0. The van der Waals surface area contributed by atoms with E-state index in [4.69, 9.17) is 4.74 Å². The van der Waals surface area contributed by atoms with Crippen molar-refractivity contribution in [3.63, 3.8) is 0 Å². The van der Waals surface area contributed by atoms with Crippen LogP contribution in [0.1, 0.15) is 40.4 Å². The molecule has 32 heavy (non-hydrogen) atoms. The first-order valence-electron chi connectivity index (χ1n) is 9.74. The van der Waals surface area contributed by atoms with Crippen molar-refractivity contribution < 1.29 is 32.2 Å². The lowest BCUT2D eigenvalue weighted by molar-refractivity contribution is -0.140. The Balaban J connectivity index is 1.80. The van der Waals surface area contributed by atoms with Crippen molar-refractivity contribution in [2.45, 2.75) is 37.6 Å². The fourth-order valence-corrected chi connectivity index (χ4v) is 4.00. The van der Waals surface area contributed by atoms with Crippen LogP contribution in [0, 0.1) is 12.7 Å². The third-order valence-electron chi connectivity index (χ3n) is 5.74. The molecule has 170 valence electrons. The first-order valence-corrected chi connectivity index (χ1v) is 9.74. The second-order valence-electron chi connectivity index (χ2n) is 8.09. The van der Waals surface area contributed by atoms with Crippen LogP contribution in [0.15, 0.2) is 36.8 Å². The van der Waals surface area contributed by atoms with E-state index in [-0.39, 0.29) is 36.4 Å². The maximum atomic E-state index is 15.0. The number of nitrogens with zero attached hydrogens (tertiary/aromatic N) is 3. The van der Waals surface area contributed by atoms with Gasteiger partial charge in [0, 0.05) is 31.0 Å². The molecule has 1 fully saturated rings. The number of fused-ring (bicyclic) bond motifs is 1. The molecule has 7 nitrogen and oxygen atoms in total. The molecule has 3 aromatic rings. The molecule has 1 saturated heterocycles. The Morgan fingerprint density at radius 1 is 1.31 bits per heavy atom. The van der Waals surface area contributed by atoms with E-state index in [2.05, 4.69) is 15.4 Å². The molecule has 4 rings (SSSR count). The molecule has 1 aromatic carbocycles. The summed E-state index contributed by atoms with van der Waals surface area (Å²) in [5.41, 5.74) is -3.91. The topological polar surface area (TPSA) is 88.8 Å². The molecular weight excluding hydrogens is 432 g/mol. The van der Waals surface area contributed by atoms with Gasteiger partial charge >= 0.3 is 6.18 Å². The van der Waals surface area contributed by atoms with Crippen LogP contribution < -0.4 is 5.32 Å². The highest BCUT2D eigenvalue weighted by Gasteiger charge is 2.53. The number of benzene rings is 1. The molecule has 1 amide bonds. The number of aliphatic hydroxyl groups is 1. The molecule has 1 aliphatic rings. The number of hydrogen-bond acceptors (Lipinski definition) is 5. The van der Waals surface area contributed by atoms with E-state index in [1.54, 1.807) is 19.3 Å². The number of carbonyl (C=O) groups is 1. The number of carbonyl (C=O) groups excluding carboxylic acids is 1. The lowest BCUT2D eigenvalue weighted by atomic mass is 9.71. The smallest absolute Gasteiger partial charge is 0.385 e. The van der Waals surface area contributed by atoms with Crippen LogP contribution in [0.25, 0.3) is 5.65 Å². The summed E-state index contributed by atoms with van der Waals surface area (Å²) >= 11 is 0. The van der Waals surface area contributed by atoms with Gasteiger partial charge in [-0.1, -0.05) is 6.07 Å². The number of halogens is 4. The van der Waals surface area contributed by atoms with Crippen molar-refractivity contribution in [1.82, 2.24) is 19.9 Å². The molecule has 0 bridgehead atoms. The molecule has 2 N–H and O–H groups in total. The molecule has 1 unspecified atom stereocenters. The summed E-state index contributed by atoms with van der Waals surface area (Å²) in [5, 5.41) is 17.9. The average Bonchev–Trinajstić information content (AvgIpc) is 3.12. The Kier molecular flexibility index (Phi) is 5.21. The van der Waals surface area contributed by atoms with Gasteiger partial charge in [0.15, 0.2) is 5.65 Å². The third-order valence-corrected chi connectivity index (χ3v) is 5.74. The van der Waals surface area contributed by atoms with Gasteiger partial charge in [0.25, 0.3) is 5.91 Å². The van der Waals surface area contributed by atoms with Crippen LogP contribution in [0.5, 0.6) is 0 Å². The number of aromatic nitrogens is 3. The normalized spacial score (nSPS) is 24.0. The minimum Gasteiger partial charge on any atom is -0.385 e. The summed E-state index contributed by atoms with van der Waals surface area (Å²) in [7, 11) is 0. The quantitative estimate of drug-likeness (QED) is 0.597. The van der Waals surface area contributed by atoms with E-state index in [1.165, 1.54) is 17.6 Å². The van der Waals surface area contributed by atoms with Crippen molar-refractivity contribution in [2.75, 3.05) is 13.2 Å². The SMILES string of the molecule is Cc1cnc2c(C(=O)N[C@]3(c4ccc(C(F)(F)F)cc4F)CCOCC3(C)O)cnn2c1. The van der Waals surface area contributed by atoms with Crippen LogP contribution in [0.3, 0.4) is 0 Å². The molecule has 0 spiro atoms. The lowest BCUT2D eigenvalue weighted by Gasteiger charge is -2.49. The fraction of sp³-hybridized carbons (Fsp3) is 0.381. The van der Waals surface area contributed by atoms with Gasteiger partial charge in [-0.15, -0.1) is 0 Å². The van der Waals surface area contributed by atoms with E-state index in [1.807, 2.05) is 0 Å². The largest absolute Gasteiger partial charge is 0.416 e. The first kappa shape index (κ1) is 22.2. The van der Waals surface area contributed by atoms with Gasteiger partial charge in [-0.3, -0.25) is 4.79 Å². The van der Waals surface area contributed by atoms with Crippen LogP contribution in [-0.4, -0.2) is 44.4 Å². The minimum atomic E-state index is -4.74. The summed E-state index contributed by atoms with van der Waals surface area (Å²) < 4.78 is 60.8. The van der Waals surface area contributed by atoms with E-state index >= 15 is 4.39 Å². The molecule has 2 atom stereocenters. The van der Waals surface area contributed by atoms with Gasteiger partial charge in [0.2, 0.25) is 0 Å². The number of ether oxygens (including phenoxy) is 1. The van der Waals surface area contributed by atoms with Crippen LogP contribution >= 0.6 is 0 Å². The first-order chi connectivity index (χ1) is 14.9. The second kappa shape index (κ2) is 7.52. The molecular formula is C21H20F4N4O3. The minimum absolute atomic E-state index is 0.0447. The van der Waals surface area contributed by atoms with E-state index in [0.29, 0.717) is 6.07 Å². The molecule has 0 aliphatic carbocycles. The predicted octanol–water partition coefficient (Wildman–Crippen LogP) is 2.99. The fourth-order valence-electron chi connectivity index (χ4n) is 4.00. The van der Waals surface area contributed by atoms with Crippen LogP contribution in [0.4, 0.5) is 17.6 Å². The van der Waals surface area contributed by atoms with Crippen molar-refractivity contribution >= 4 is 11.6 Å². The number of rotatable bonds is 3. The second-order valence-corrected chi connectivity index (χ2v) is 8.09. The Hall–Kier alpha value is -3.05. The molecule has 11 heteroatoms. The van der Waals surface area contributed by atoms with Gasteiger partial charge in [0.05, 0.1) is 18.4 Å². The van der Waals surface area contributed by atoms with Gasteiger partial charge in [-0.2, -0.15) is 18.3 Å². The average molecular weight is 452 g/mol. The molecule has 1 aliphatic heterocycles. The number of nitrogens with one attached hydrogen (secondary N) is 1. The van der Waals surface area contributed by atoms with E-state index in [0.717, 1.165) is 17.7 Å². The zero-order valence-electron chi connectivity index (χ0n) is 17.2. The van der Waals surface area contributed by atoms with Gasteiger partial charge in [-0.25, -0.2) is 13.9 Å². The van der Waals surface area contributed by atoms with Crippen molar-refractivity contribution in [3.8, 4) is 0 Å². The van der Waals surface area contributed by atoms with E-state index in [9.17, 15) is 23.1 Å². The highest BCUT2D eigenvalue weighted by Crippen LogP contribution is 2.42. The zero-order valence-corrected chi connectivity index (χ0v) is 17.2. The number of hydrogen-bond donors (Lipinski definition) is 2. The summed E-state index contributed by atoms with van der Waals surface area (Å²) in [5.74, 6) is -1.91. The molecule has 2 aromatic heterocycles. The Labute approximate surface area is 180 Å². The zero-order chi connectivity index (χ0) is 23.3. The summed E-state index contributed by atoms with van der Waals surface area (Å²) in [6, 6.07) is 2.02. The number of alkyl halides is 3. The predicted molar refractivity (Wildman–Crippen MR) is 104 cm³/mol. The lowest BCUT2D eigenvalue weighted by Crippen LogP contribution is -2.65. The molecule has 0 radical (unpaired) electrons. The number of amides is 1. The third kappa shape index (κ3) is 3.61. The Morgan fingerprint density at radius 2 is 2.06 bits per heavy atom. The summed E-state index contributed by atoms with van der Waals surface area (Å²) in [4.78, 5) is 17.4. The Bertz CT molecular complexity index is 1190. The van der Waals surface area contributed by atoms with Crippen LogP contribution in [0.2, 0.25) is 0 Å². The monoisotopic (exact) mass is 452 g/mol. The highest BCUT2D eigenvalue weighted by molar-refractivity contribution is 6.00. The number of aryl methyl sites for hydroxylation is 1. The molecule has 0 saturated carbocycles. The molecule has 3 heterocycles. The van der Waals surface area contributed by atoms with Crippen molar-refractivity contribution in [1.29, 1.82) is 0 Å². The standard InChI is InChI=1S/C21H20F4N4O3/c1-12-8-26-17-14(9-27-29(17)10-12)18(30)28-20(5-6-32-11-19(20,2)31)15-4-3-13(7-16(15)22)21(23,24)25/h3-4,7-10,31H,5-6,11H2,1-2H3,(H,28,30)/t19?,20-/m0/s1. The van der Waals surface area contributed by atoms with Gasteiger partial charge < -0.3 is 15.2 Å². The van der Waals surface area contributed by atoms with Crippen molar-refractivity contribution in [3.05, 3.63) is 64.9 Å². The van der Waals surface area contributed by atoms with E-state index < -0.39 is 34.6 Å². The summed E-state index contributed by atoms with van der Waals surface area (Å²) in [6.45, 7) is 2.92. The maximum Gasteiger partial charge on any atom is 0.416 e. The highest BCUT2D eigenvalue weighted by atomic mass is 19.4. The van der Waals surface area contributed by atoms with Gasteiger partial charge in [0.1, 0.15) is 22.5 Å². The van der Waals surface area contributed by atoms with Crippen molar-refractivity contribution in [2.24, 2.45) is 0 Å².